The van der Waals surface area contributed by atoms with E-state index in [1.54, 1.807) is 7.11 Å². The molecular formula is C25H44O3Sn. The van der Waals surface area contributed by atoms with Crippen LogP contribution in [0, 0.1) is 0 Å². The summed E-state index contributed by atoms with van der Waals surface area (Å²) in [6, 6.07) is 10.6. The molecule has 1 rings (SSSR count). The number of hydrogen-bond donors (Lipinski definition) is 0. The summed E-state index contributed by atoms with van der Waals surface area (Å²) in [7, 11) is 1.69. The van der Waals surface area contributed by atoms with Gasteiger partial charge in [0.2, 0.25) is 0 Å². The van der Waals surface area contributed by atoms with Gasteiger partial charge in [0, 0.05) is 0 Å². The van der Waals surface area contributed by atoms with Gasteiger partial charge in [-0.2, -0.15) is 0 Å². The first kappa shape index (κ1) is 26.7. The fourth-order valence-electron chi connectivity index (χ4n) is 4.02. The van der Waals surface area contributed by atoms with E-state index in [1.807, 2.05) is 0 Å². The zero-order valence-electron chi connectivity index (χ0n) is 19.4. The van der Waals surface area contributed by atoms with Crippen LogP contribution < -0.4 is 0 Å². The summed E-state index contributed by atoms with van der Waals surface area (Å²) in [4.78, 5) is 0. The molecule has 0 aliphatic heterocycles. The Morgan fingerprint density at radius 1 is 0.897 bits per heavy atom. The van der Waals surface area contributed by atoms with Crippen molar-refractivity contribution < 1.29 is 14.2 Å². The summed E-state index contributed by atoms with van der Waals surface area (Å²) in [6.07, 6.45) is 7.74. The molecule has 0 amide bonds. The minimum atomic E-state index is -2.61. The Morgan fingerprint density at radius 2 is 1.45 bits per heavy atom. The molecule has 0 bridgehead atoms. The number of hydrogen-bond acceptors (Lipinski definition) is 3. The molecule has 0 aliphatic carbocycles. The Morgan fingerprint density at radius 3 is 1.93 bits per heavy atom. The molecule has 166 valence electrons. The number of benzene rings is 1. The van der Waals surface area contributed by atoms with E-state index < -0.39 is 18.4 Å². The second kappa shape index (κ2) is 16.3. The van der Waals surface area contributed by atoms with E-state index in [2.05, 4.69) is 51.1 Å². The van der Waals surface area contributed by atoms with Crippen LogP contribution in [0.2, 0.25) is 13.3 Å². The first-order valence-corrected chi connectivity index (χ1v) is 19.1. The molecule has 0 N–H and O–H groups in total. The van der Waals surface area contributed by atoms with E-state index in [-0.39, 0.29) is 6.10 Å². The van der Waals surface area contributed by atoms with Crippen molar-refractivity contribution in [3.63, 3.8) is 0 Å². The van der Waals surface area contributed by atoms with Crippen LogP contribution >= 0.6 is 0 Å². The van der Waals surface area contributed by atoms with E-state index >= 15 is 0 Å². The van der Waals surface area contributed by atoms with Gasteiger partial charge in [0.15, 0.2) is 0 Å². The van der Waals surface area contributed by atoms with Crippen molar-refractivity contribution in [2.24, 2.45) is 0 Å². The maximum atomic E-state index is 6.36. The van der Waals surface area contributed by atoms with Crippen LogP contribution in [0.25, 0.3) is 0 Å². The van der Waals surface area contributed by atoms with Crippen LogP contribution in [0.4, 0.5) is 0 Å². The summed E-state index contributed by atoms with van der Waals surface area (Å²) in [6.45, 7) is 13.1. The molecule has 4 heteroatoms. The molecule has 1 aromatic carbocycles. The minimum absolute atomic E-state index is 0.0416. The molecule has 1 atom stereocenters. The molecular weight excluding hydrogens is 467 g/mol. The molecule has 3 nitrogen and oxygen atoms in total. The third-order valence-corrected chi connectivity index (χ3v) is 21.7. The quantitative estimate of drug-likeness (QED) is 0.118. The van der Waals surface area contributed by atoms with E-state index in [9.17, 15) is 0 Å². The van der Waals surface area contributed by atoms with Crippen LogP contribution in [-0.4, -0.2) is 45.5 Å². The predicted octanol–water partition coefficient (Wildman–Crippen LogP) is 7.31. The van der Waals surface area contributed by atoms with Crippen molar-refractivity contribution in [1.29, 1.82) is 0 Å². The normalized spacial score (nSPS) is 12.8. The summed E-state index contributed by atoms with van der Waals surface area (Å²) in [5, 5.41) is 0. The average Bonchev–Trinajstić information content (AvgIpc) is 2.76. The van der Waals surface area contributed by atoms with E-state index in [0.29, 0.717) is 20.0 Å². The van der Waals surface area contributed by atoms with Crippen molar-refractivity contribution in [3.05, 3.63) is 46.1 Å². The van der Waals surface area contributed by atoms with Gasteiger partial charge in [-0.15, -0.1) is 0 Å². The molecule has 0 spiro atoms. The molecule has 29 heavy (non-hydrogen) atoms. The first-order valence-electron chi connectivity index (χ1n) is 11.6. The monoisotopic (exact) mass is 512 g/mol. The van der Waals surface area contributed by atoms with Gasteiger partial charge in [0.05, 0.1) is 0 Å². The SMILES string of the molecule is C=[C](C(OCOCCOC)c1ccccc1)[Sn]([CH2]CCC)([CH2]CCC)[CH2]CCC. The zero-order chi connectivity index (χ0) is 21.4. The Labute approximate surface area is 184 Å². The second-order valence-corrected chi connectivity index (χ2v) is 21.5. The first-order chi connectivity index (χ1) is 14.1. The zero-order valence-corrected chi connectivity index (χ0v) is 22.2. The van der Waals surface area contributed by atoms with Gasteiger partial charge in [-0.05, 0) is 0 Å². The van der Waals surface area contributed by atoms with Crippen molar-refractivity contribution in [2.75, 3.05) is 27.1 Å². The Kier molecular flexibility index (Phi) is 15.0. The van der Waals surface area contributed by atoms with Crippen LogP contribution in [0.3, 0.4) is 0 Å². The molecule has 0 fully saturated rings. The van der Waals surface area contributed by atoms with Gasteiger partial charge in [-0.1, -0.05) is 0 Å². The maximum absolute atomic E-state index is 6.36. The van der Waals surface area contributed by atoms with Gasteiger partial charge in [-0.3, -0.25) is 0 Å². The molecule has 0 radical (unpaired) electrons. The van der Waals surface area contributed by atoms with Crippen LogP contribution in [0.5, 0.6) is 0 Å². The van der Waals surface area contributed by atoms with Gasteiger partial charge in [0.1, 0.15) is 0 Å². The topological polar surface area (TPSA) is 27.7 Å². The summed E-state index contributed by atoms with van der Waals surface area (Å²) in [5.41, 5.74) is 1.22. The third-order valence-electron chi connectivity index (χ3n) is 5.88. The van der Waals surface area contributed by atoms with E-state index in [0.717, 1.165) is 0 Å². The molecule has 0 aliphatic rings. The van der Waals surface area contributed by atoms with Gasteiger partial charge >= 0.3 is 184 Å². The van der Waals surface area contributed by atoms with Crippen molar-refractivity contribution in [3.8, 4) is 0 Å². The summed E-state index contributed by atoms with van der Waals surface area (Å²) >= 11 is -2.61. The number of ether oxygens (including phenoxy) is 3. The predicted molar refractivity (Wildman–Crippen MR) is 127 cm³/mol. The van der Waals surface area contributed by atoms with Crippen LogP contribution in [0.15, 0.2) is 40.5 Å². The molecule has 0 heterocycles. The summed E-state index contributed by atoms with van der Waals surface area (Å²) in [5.74, 6) is 0. The van der Waals surface area contributed by atoms with E-state index in [1.165, 1.54) is 61.0 Å². The Bertz CT molecular complexity index is 510. The van der Waals surface area contributed by atoms with Crippen molar-refractivity contribution in [1.82, 2.24) is 0 Å². The molecule has 0 aromatic heterocycles. The van der Waals surface area contributed by atoms with E-state index in [4.69, 9.17) is 20.8 Å². The third kappa shape index (κ3) is 9.54. The van der Waals surface area contributed by atoms with Gasteiger partial charge < -0.3 is 0 Å². The molecule has 0 saturated heterocycles. The van der Waals surface area contributed by atoms with Crippen LogP contribution in [0.1, 0.15) is 71.0 Å². The fourth-order valence-corrected chi connectivity index (χ4v) is 20.0. The van der Waals surface area contributed by atoms with Crippen molar-refractivity contribution >= 4 is 18.4 Å². The average molecular weight is 511 g/mol. The molecule has 1 unspecified atom stereocenters. The Balaban J connectivity index is 3.11. The van der Waals surface area contributed by atoms with Gasteiger partial charge in [0.25, 0.3) is 0 Å². The fraction of sp³-hybridized carbons (Fsp3) is 0.680. The summed E-state index contributed by atoms with van der Waals surface area (Å²) < 4.78 is 22.8. The number of methoxy groups -OCH3 is 1. The Hall–Kier alpha value is -0.361. The molecule has 1 aromatic rings. The number of unbranched alkanes of at least 4 members (excludes halogenated alkanes) is 3. The molecule has 0 saturated carbocycles. The van der Waals surface area contributed by atoms with Gasteiger partial charge in [-0.25, -0.2) is 0 Å². The second-order valence-electron chi connectivity index (χ2n) is 8.09. The number of rotatable bonds is 18. The van der Waals surface area contributed by atoms with Crippen molar-refractivity contribution in [2.45, 2.75) is 78.7 Å². The van der Waals surface area contributed by atoms with Crippen LogP contribution in [-0.2, 0) is 14.2 Å². The standard InChI is InChI=1S/C13H17O3.3C4H9.Sn/c1-3-13(12-7-5-4-6-8-12)16-11-15-10-9-14-2;3*1-3-4-2;/h4-8,13H,1,9-11H2,2H3;3*1,3-4H2,2H3;.